The summed E-state index contributed by atoms with van der Waals surface area (Å²) in [4.78, 5) is 29.8. The highest BCUT2D eigenvalue weighted by molar-refractivity contribution is 5.98. The summed E-state index contributed by atoms with van der Waals surface area (Å²) in [5.74, 6) is 0.227. The SMILES string of the molecule is C=CCN1CC[C@@]2(c3cccc(OC(C)=O)c3)C[C@H](N(C)C(=O)c3ccc4ccccc4c3)CC[C@]2(OC)C1. The molecule has 0 N–H and O–H groups in total. The average Bonchev–Trinajstić information content (AvgIpc) is 2.95. The molecule has 0 radical (unpaired) electrons. The standard InChI is InChI=1S/C33H38N2O4/c1-5-18-35-19-17-32(28-11-8-12-30(21-28)39-24(2)36)22-29(15-16-33(32,23-35)38-4)34(3)31(37)27-14-13-25-9-6-7-10-26(25)20-27/h5-14,20-21,29H,1,15-19,22-23H2,2-4H3/t29-,32+,33+/m1/s1. The largest absolute Gasteiger partial charge is 0.427 e. The number of rotatable bonds is 7. The van der Waals surface area contributed by atoms with Gasteiger partial charge in [-0.2, -0.15) is 0 Å². The van der Waals surface area contributed by atoms with Gasteiger partial charge in [-0.15, -0.1) is 6.58 Å². The van der Waals surface area contributed by atoms with Gasteiger partial charge in [0.2, 0.25) is 0 Å². The number of benzene rings is 3. The third kappa shape index (κ3) is 4.99. The number of nitrogens with zero attached hydrogens (tertiary/aromatic N) is 2. The number of carbonyl (C=O) groups excluding carboxylic acids is 2. The normalized spacial score (nSPS) is 25.1. The maximum absolute atomic E-state index is 13.8. The summed E-state index contributed by atoms with van der Waals surface area (Å²) in [6.45, 7) is 7.85. The molecule has 204 valence electrons. The van der Waals surface area contributed by atoms with Crippen molar-refractivity contribution in [3.05, 3.63) is 90.5 Å². The summed E-state index contributed by atoms with van der Waals surface area (Å²) < 4.78 is 12.0. The van der Waals surface area contributed by atoms with Crippen LogP contribution < -0.4 is 4.74 Å². The van der Waals surface area contributed by atoms with E-state index >= 15 is 0 Å². The van der Waals surface area contributed by atoms with Crippen LogP contribution in [-0.2, 0) is 14.9 Å². The number of carbonyl (C=O) groups is 2. The van der Waals surface area contributed by atoms with E-state index in [2.05, 4.69) is 23.6 Å². The van der Waals surface area contributed by atoms with Crippen LogP contribution in [0.1, 0.15) is 48.5 Å². The van der Waals surface area contributed by atoms with Crippen molar-refractivity contribution in [3.8, 4) is 5.75 Å². The minimum atomic E-state index is -0.438. The van der Waals surface area contributed by atoms with Gasteiger partial charge in [0.15, 0.2) is 0 Å². The molecule has 0 aromatic heterocycles. The Hall–Kier alpha value is -3.48. The van der Waals surface area contributed by atoms with Crippen LogP contribution in [0.25, 0.3) is 10.8 Å². The molecular formula is C33H38N2O4. The summed E-state index contributed by atoms with van der Waals surface area (Å²) in [7, 11) is 3.74. The molecule has 2 fully saturated rings. The lowest BCUT2D eigenvalue weighted by molar-refractivity contribution is -0.151. The zero-order valence-electron chi connectivity index (χ0n) is 23.2. The highest BCUT2D eigenvalue weighted by Gasteiger charge is 2.59. The highest BCUT2D eigenvalue weighted by Crippen LogP contribution is 2.54. The van der Waals surface area contributed by atoms with Crippen LogP contribution in [0.2, 0.25) is 0 Å². The Morgan fingerprint density at radius 2 is 1.87 bits per heavy atom. The lowest BCUT2D eigenvalue weighted by atomic mass is 9.55. The molecular weight excluding hydrogens is 488 g/mol. The molecule has 6 nitrogen and oxygen atoms in total. The molecule has 6 heteroatoms. The van der Waals surface area contributed by atoms with Crippen molar-refractivity contribution in [1.82, 2.24) is 9.80 Å². The van der Waals surface area contributed by atoms with Crippen LogP contribution in [-0.4, -0.2) is 67.1 Å². The number of hydrogen-bond acceptors (Lipinski definition) is 5. The molecule has 3 atom stereocenters. The van der Waals surface area contributed by atoms with Crippen LogP contribution in [0.3, 0.4) is 0 Å². The van der Waals surface area contributed by atoms with Gasteiger partial charge in [-0.25, -0.2) is 0 Å². The Morgan fingerprint density at radius 3 is 2.62 bits per heavy atom. The van der Waals surface area contributed by atoms with E-state index in [9.17, 15) is 9.59 Å². The van der Waals surface area contributed by atoms with E-state index in [-0.39, 0.29) is 23.3 Å². The van der Waals surface area contributed by atoms with E-state index in [0.29, 0.717) is 11.3 Å². The lowest BCUT2D eigenvalue weighted by Gasteiger charge is -2.60. The highest BCUT2D eigenvalue weighted by atomic mass is 16.5. The average molecular weight is 527 g/mol. The first-order chi connectivity index (χ1) is 18.8. The van der Waals surface area contributed by atoms with E-state index in [0.717, 1.165) is 61.7 Å². The molecule has 1 saturated heterocycles. The van der Waals surface area contributed by atoms with Crippen molar-refractivity contribution in [2.75, 3.05) is 33.8 Å². The van der Waals surface area contributed by atoms with Crippen molar-refractivity contribution < 1.29 is 19.1 Å². The maximum Gasteiger partial charge on any atom is 0.308 e. The smallest absolute Gasteiger partial charge is 0.308 e. The molecule has 1 aliphatic heterocycles. The number of fused-ring (bicyclic) bond motifs is 2. The van der Waals surface area contributed by atoms with Gasteiger partial charge in [0.05, 0.1) is 5.60 Å². The molecule has 3 aromatic carbocycles. The first-order valence-electron chi connectivity index (χ1n) is 13.7. The number of amides is 1. The van der Waals surface area contributed by atoms with Crippen LogP contribution >= 0.6 is 0 Å². The third-order valence-corrected chi connectivity index (χ3v) is 8.96. The van der Waals surface area contributed by atoms with Gasteiger partial charge in [-0.05, 0) is 72.8 Å². The van der Waals surface area contributed by atoms with Gasteiger partial charge in [0.25, 0.3) is 5.91 Å². The molecule has 5 rings (SSSR count). The predicted molar refractivity (Wildman–Crippen MR) is 154 cm³/mol. The molecule has 1 saturated carbocycles. The number of hydrogen-bond donors (Lipinski definition) is 0. The number of likely N-dealkylation sites (tertiary alicyclic amines) is 1. The van der Waals surface area contributed by atoms with Gasteiger partial charge in [-0.3, -0.25) is 14.5 Å². The molecule has 2 aliphatic rings. The number of methoxy groups -OCH3 is 1. The zero-order valence-corrected chi connectivity index (χ0v) is 23.2. The second-order valence-electron chi connectivity index (χ2n) is 11.1. The minimum Gasteiger partial charge on any atom is -0.427 e. The van der Waals surface area contributed by atoms with Crippen LogP contribution in [0, 0.1) is 0 Å². The lowest BCUT2D eigenvalue weighted by Crippen LogP contribution is -2.68. The molecule has 1 heterocycles. The van der Waals surface area contributed by atoms with E-state index in [1.165, 1.54) is 6.92 Å². The second kappa shape index (κ2) is 10.9. The maximum atomic E-state index is 13.8. The van der Waals surface area contributed by atoms with Gasteiger partial charge >= 0.3 is 5.97 Å². The quantitative estimate of drug-likeness (QED) is 0.228. The summed E-state index contributed by atoms with van der Waals surface area (Å²) in [5.41, 5.74) is 1.01. The fourth-order valence-electron chi connectivity index (χ4n) is 6.95. The fraction of sp³-hybridized carbons (Fsp3) is 0.394. The van der Waals surface area contributed by atoms with Crippen molar-refractivity contribution in [2.24, 2.45) is 0 Å². The van der Waals surface area contributed by atoms with E-state index in [1.54, 1.807) is 0 Å². The monoisotopic (exact) mass is 526 g/mol. The number of ether oxygens (including phenoxy) is 2. The zero-order chi connectivity index (χ0) is 27.6. The van der Waals surface area contributed by atoms with Crippen molar-refractivity contribution >= 4 is 22.6 Å². The molecule has 0 bridgehead atoms. The molecule has 39 heavy (non-hydrogen) atoms. The topological polar surface area (TPSA) is 59.1 Å². The predicted octanol–water partition coefficient (Wildman–Crippen LogP) is 5.60. The van der Waals surface area contributed by atoms with Crippen LogP contribution in [0.4, 0.5) is 0 Å². The summed E-state index contributed by atoms with van der Waals surface area (Å²) in [5, 5.41) is 2.18. The van der Waals surface area contributed by atoms with Crippen molar-refractivity contribution in [1.29, 1.82) is 0 Å². The van der Waals surface area contributed by atoms with Crippen molar-refractivity contribution in [2.45, 2.75) is 49.7 Å². The Bertz CT molecular complexity index is 1390. The Morgan fingerprint density at radius 1 is 1.08 bits per heavy atom. The molecule has 3 aromatic rings. The first kappa shape index (κ1) is 27.1. The summed E-state index contributed by atoms with van der Waals surface area (Å²) >= 11 is 0. The Labute approximate surface area is 231 Å². The molecule has 0 unspecified atom stereocenters. The third-order valence-electron chi connectivity index (χ3n) is 8.96. The fourth-order valence-corrected chi connectivity index (χ4v) is 6.95. The number of piperidine rings is 1. The van der Waals surface area contributed by atoms with Gasteiger partial charge < -0.3 is 14.4 Å². The molecule has 1 amide bonds. The summed E-state index contributed by atoms with van der Waals surface area (Å²) in [6, 6.07) is 22.0. The minimum absolute atomic E-state index is 0.0311. The van der Waals surface area contributed by atoms with E-state index in [1.807, 2.05) is 79.7 Å². The molecule has 1 aliphatic carbocycles. The van der Waals surface area contributed by atoms with Gasteiger partial charge in [0.1, 0.15) is 5.75 Å². The van der Waals surface area contributed by atoms with Crippen LogP contribution in [0.15, 0.2) is 79.4 Å². The first-order valence-corrected chi connectivity index (χ1v) is 13.7. The van der Waals surface area contributed by atoms with Gasteiger partial charge in [0, 0.05) is 51.2 Å². The number of esters is 1. The summed E-state index contributed by atoms with van der Waals surface area (Å²) in [6.07, 6.45) is 5.24. The van der Waals surface area contributed by atoms with Crippen LogP contribution in [0.5, 0.6) is 5.75 Å². The second-order valence-corrected chi connectivity index (χ2v) is 11.1. The van der Waals surface area contributed by atoms with E-state index in [4.69, 9.17) is 9.47 Å². The van der Waals surface area contributed by atoms with E-state index < -0.39 is 5.60 Å². The molecule has 0 spiro atoms. The Kier molecular flexibility index (Phi) is 7.61. The van der Waals surface area contributed by atoms with Gasteiger partial charge in [-0.1, -0.05) is 48.5 Å². The van der Waals surface area contributed by atoms with Crippen molar-refractivity contribution in [3.63, 3.8) is 0 Å². The Balaban J connectivity index is 1.50.